The van der Waals surface area contributed by atoms with Crippen LogP contribution in [0, 0.1) is 0 Å². The van der Waals surface area contributed by atoms with E-state index in [1.54, 1.807) is 0 Å². The lowest BCUT2D eigenvalue weighted by atomic mass is 10.0. The van der Waals surface area contributed by atoms with Crippen LogP contribution in [0.3, 0.4) is 0 Å². The zero-order valence-corrected chi connectivity index (χ0v) is 12.8. The molecule has 1 saturated heterocycles. The van der Waals surface area contributed by atoms with Gasteiger partial charge in [-0.15, -0.1) is 0 Å². The minimum absolute atomic E-state index is 0.121. The number of likely N-dealkylation sites (N-methyl/N-ethyl adjacent to an activating group) is 1. The molecular weight excluding hydrogens is 262 g/mol. The maximum atomic E-state index is 12.4. The molecule has 21 heavy (non-hydrogen) atoms. The second kappa shape index (κ2) is 6.48. The van der Waals surface area contributed by atoms with Crippen molar-refractivity contribution >= 4 is 6.03 Å². The van der Waals surface area contributed by atoms with E-state index in [1.807, 2.05) is 11.0 Å². The number of nitrogens with zero attached hydrogens (tertiary/aromatic N) is 2. The highest BCUT2D eigenvalue weighted by molar-refractivity contribution is 5.74. The van der Waals surface area contributed by atoms with Crippen molar-refractivity contribution in [3.05, 3.63) is 35.9 Å². The van der Waals surface area contributed by atoms with Crippen LogP contribution in [0.2, 0.25) is 0 Å². The van der Waals surface area contributed by atoms with Gasteiger partial charge in [-0.2, -0.15) is 0 Å². The standard InChI is InChI=1S/C17H25N3O/c1-19-11-12-20(17(21)18-15-9-5-6-10-15)13-16(19)14-7-3-2-4-8-14/h2-4,7-8,15-16H,5-6,9-13H2,1H3,(H,18,21). The highest BCUT2D eigenvalue weighted by atomic mass is 16.2. The Labute approximate surface area is 127 Å². The van der Waals surface area contributed by atoms with Gasteiger partial charge in [-0.1, -0.05) is 43.2 Å². The minimum atomic E-state index is 0.121. The summed E-state index contributed by atoms with van der Waals surface area (Å²) in [5.41, 5.74) is 1.29. The molecule has 2 aliphatic rings. The van der Waals surface area contributed by atoms with Gasteiger partial charge in [-0.3, -0.25) is 4.90 Å². The third-order valence-electron chi connectivity index (χ3n) is 4.80. The largest absolute Gasteiger partial charge is 0.335 e. The lowest BCUT2D eigenvalue weighted by molar-refractivity contribution is 0.108. The van der Waals surface area contributed by atoms with Gasteiger partial charge in [0.1, 0.15) is 0 Å². The first-order chi connectivity index (χ1) is 10.2. The minimum Gasteiger partial charge on any atom is -0.335 e. The Bertz CT molecular complexity index is 470. The first-order valence-electron chi connectivity index (χ1n) is 8.04. The van der Waals surface area contributed by atoms with E-state index in [0.717, 1.165) is 32.5 Å². The number of carbonyl (C=O) groups excluding carboxylic acids is 1. The second-order valence-electron chi connectivity index (χ2n) is 6.28. The Balaban J connectivity index is 1.63. The van der Waals surface area contributed by atoms with E-state index < -0.39 is 0 Å². The predicted octanol–water partition coefficient (Wildman–Crippen LogP) is 2.63. The van der Waals surface area contributed by atoms with Gasteiger partial charge in [0.25, 0.3) is 0 Å². The maximum absolute atomic E-state index is 12.4. The quantitative estimate of drug-likeness (QED) is 0.907. The lowest BCUT2D eigenvalue weighted by Crippen LogP contribution is -2.53. The molecule has 1 saturated carbocycles. The second-order valence-corrected chi connectivity index (χ2v) is 6.28. The molecule has 1 N–H and O–H groups in total. The Morgan fingerprint density at radius 2 is 1.86 bits per heavy atom. The molecule has 0 aromatic heterocycles. The number of urea groups is 1. The van der Waals surface area contributed by atoms with E-state index in [-0.39, 0.29) is 6.03 Å². The van der Waals surface area contributed by atoms with Gasteiger partial charge in [0, 0.05) is 25.7 Å². The summed E-state index contributed by atoms with van der Waals surface area (Å²) < 4.78 is 0. The van der Waals surface area contributed by atoms with Crippen LogP contribution in [-0.4, -0.2) is 48.6 Å². The average Bonchev–Trinajstić information content (AvgIpc) is 3.01. The summed E-state index contributed by atoms with van der Waals surface area (Å²) >= 11 is 0. The molecule has 1 unspecified atom stereocenters. The summed E-state index contributed by atoms with van der Waals surface area (Å²) in [5, 5.41) is 3.20. The first-order valence-corrected chi connectivity index (χ1v) is 8.04. The number of carbonyl (C=O) groups is 1. The summed E-state index contributed by atoms with van der Waals surface area (Å²) in [7, 11) is 2.14. The molecule has 1 atom stereocenters. The Kier molecular flexibility index (Phi) is 4.44. The highest BCUT2D eigenvalue weighted by Gasteiger charge is 2.29. The molecule has 1 aliphatic carbocycles. The van der Waals surface area contributed by atoms with Crippen molar-refractivity contribution in [1.29, 1.82) is 0 Å². The molecule has 4 heteroatoms. The van der Waals surface area contributed by atoms with Gasteiger partial charge in [-0.25, -0.2) is 4.79 Å². The lowest BCUT2D eigenvalue weighted by Gasteiger charge is -2.40. The zero-order chi connectivity index (χ0) is 14.7. The number of hydrogen-bond donors (Lipinski definition) is 1. The van der Waals surface area contributed by atoms with Crippen molar-refractivity contribution in [3.63, 3.8) is 0 Å². The summed E-state index contributed by atoms with van der Waals surface area (Å²) in [4.78, 5) is 16.8. The Morgan fingerprint density at radius 1 is 1.14 bits per heavy atom. The van der Waals surface area contributed by atoms with Gasteiger partial charge in [-0.05, 0) is 25.5 Å². The predicted molar refractivity (Wildman–Crippen MR) is 84.2 cm³/mol. The first kappa shape index (κ1) is 14.4. The molecule has 2 fully saturated rings. The van der Waals surface area contributed by atoms with Gasteiger partial charge in [0.2, 0.25) is 0 Å². The molecule has 114 valence electrons. The molecule has 0 spiro atoms. The van der Waals surface area contributed by atoms with Gasteiger partial charge in [0.15, 0.2) is 0 Å². The normalized spacial score (nSPS) is 24.2. The van der Waals surface area contributed by atoms with Crippen molar-refractivity contribution in [2.45, 2.75) is 37.8 Å². The number of rotatable bonds is 2. The van der Waals surface area contributed by atoms with Crippen LogP contribution in [0.4, 0.5) is 4.79 Å². The van der Waals surface area contributed by atoms with E-state index in [9.17, 15) is 4.79 Å². The number of benzene rings is 1. The van der Waals surface area contributed by atoms with Crippen molar-refractivity contribution < 1.29 is 4.79 Å². The van der Waals surface area contributed by atoms with Crippen molar-refractivity contribution in [1.82, 2.24) is 15.1 Å². The van der Waals surface area contributed by atoms with E-state index in [4.69, 9.17) is 0 Å². The van der Waals surface area contributed by atoms with Crippen LogP contribution < -0.4 is 5.32 Å². The molecule has 4 nitrogen and oxygen atoms in total. The fraction of sp³-hybridized carbons (Fsp3) is 0.588. The molecule has 0 bridgehead atoms. The van der Waals surface area contributed by atoms with E-state index in [0.29, 0.717) is 12.1 Å². The summed E-state index contributed by atoms with van der Waals surface area (Å²) in [6.45, 7) is 2.52. The monoisotopic (exact) mass is 287 g/mol. The van der Waals surface area contributed by atoms with Gasteiger partial charge < -0.3 is 10.2 Å². The SMILES string of the molecule is CN1CCN(C(=O)NC2CCCC2)CC1c1ccccc1. The summed E-state index contributed by atoms with van der Waals surface area (Å²) in [5.74, 6) is 0. The van der Waals surface area contributed by atoms with Gasteiger partial charge >= 0.3 is 6.03 Å². The van der Waals surface area contributed by atoms with Crippen LogP contribution in [0.15, 0.2) is 30.3 Å². The smallest absolute Gasteiger partial charge is 0.317 e. The number of hydrogen-bond acceptors (Lipinski definition) is 2. The maximum Gasteiger partial charge on any atom is 0.317 e. The highest BCUT2D eigenvalue weighted by Crippen LogP contribution is 2.24. The molecule has 0 radical (unpaired) electrons. The third kappa shape index (κ3) is 3.38. The van der Waals surface area contributed by atoms with Crippen LogP contribution in [0.1, 0.15) is 37.3 Å². The molecule has 1 aromatic carbocycles. The molecule has 2 amide bonds. The van der Waals surface area contributed by atoms with Gasteiger partial charge in [0.05, 0.1) is 6.04 Å². The van der Waals surface area contributed by atoms with Crippen molar-refractivity contribution in [3.8, 4) is 0 Å². The van der Waals surface area contributed by atoms with E-state index >= 15 is 0 Å². The average molecular weight is 287 g/mol. The van der Waals surface area contributed by atoms with Crippen molar-refractivity contribution in [2.75, 3.05) is 26.7 Å². The Morgan fingerprint density at radius 3 is 2.57 bits per heavy atom. The molecule has 1 heterocycles. The third-order valence-corrected chi connectivity index (χ3v) is 4.80. The Hall–Kier alpha value is -1.55. The molecule has 3 rings (SSSR count). The fourth-order valence-corrected chi connectivity index (χ4v) is 3.43. The molecule has 1 aliphatic heterocycles. The number of piperazine rings is 1. The van der Waals surface area contributed by atoms with E-state index in [2.05, 4.69) is 41.5 Å². The van der Waals surface area contributed by atoms with E-state index in [1.165, 1.54) is 18.4 Å². The van der Waals surface area contributed by atoms with Crippen LogP contribution in [-0.2, 0) is 0 Å². The molecule has 1 aromatic rings. The number of amides is 2. The molecular formula is C17H25N3O. The summed E-state index contributed by atoms with van der Waals surface area (Å²) in [6, 6.07) is 11.3. The zero-order valence-electron chi connectivity index (χ0n) is 12.8. The van der Waals surface area contributed by atoms with Crippen LogP contribution in [0.5, 0.6) is 0 Å². The summed E-state index contributed by atoms with van der Waals surface area (Å²) in [6.07, 6.45) is 4.78. The van der Waals surface area contributed by atoms with Crippen LogP contribution >= 0.6 is 0 Å². The van der Waals surface area contributed by atoms with Crippen molar-refractivity contribution in [2.24, 2.45) is 0 Å². The number of nitrogens with one attached hydrogen (secondary N) is 1. The fourth-order valence-electron chi connectivity index (χ4n) is 3.43. The van der Waals surface area contributed by atoms with Crippen LogP contribution in [0.25, 0.3) is 0 Å². The topological polar surface area (TPSA) is 35.6 Å².